The topological polar surface area (TPSA) is 26.0 Å². The summed E-state index contributed by atoms with van der Waals surface area (Å²) in [5.41, 5.74) is 10.1. The molecule has 2 heteroatoms. The van der Waals surface area contributed by atoms with E-state index in [-0.39, 0.29) is 6.04 Å². The molecule has 2 N–H and O–H groups in total. The number of rotatable bonds is 5. The second kappa shape index (κ2) is 6.92. The molecule has 0 fully saturated rings. The molecule has 0 saturated heterocycles. The third-order valence-corrected chi connectivity index (χ3v) is 3.77. The molecule has 0 bridgehead atoms. The number of nitrogens with two attached hydrogens (primary N) is 1. The second-order valence-electron chi connectivity index (χ2n) is 5.69. The lowest BCUT2D eigenvalue weighted by molar-refractivity contribution is 0.664. The molecule has 1 unspecified atom stereocenters. The lowest BCUT2D eigenvalue weighted by Gasteiger charge is -2.13. The van der Waals surface area contributed by atoms with Crippen LogP contribution in [-0.2, 0) is 12.8 Å². The standard InChI is InChI=1S/C18H22ClN/c1-13(2)16-8-6-14(7-9-16)11-18(20)12-15-4-3-5-17(19)10-15/h3-10,13,18H,11-12,20H2,1-2H3. The quantitative estimate of drug-likeness (QED) is 0.856. The van der Waals surface area contributed by atoms with E-state index in [0.717, 1.165) is 17.9 Å². The summed E-state index contributed by atoms with van der Waals surface area (Å²) in [4.78, 5) is 0. The van der Waals surface area contributed by atoms with Gasteiger partial charge in [-0.2, -0.15) is 0 Å². The van der Waals surface area contributed by atoms with Crippen LogP contribution in [0.3, 0.4) is 0 Å². The highest BCUT2D eigenvalue weighted by atomic mass is 35.5. The van der Waals surface area contributed by atoms with Gasteiger partial charge in [0.1, 0.15) is 0 Å². The van der Waals surface area contributed by atoms with Crippen LogP contribution in [0.5, 0.6) is 0 Å². The van der Waals surface area contributed by atoms with Crippen molar-refractivity contribution in [3.8, 4) is 0 Å². The van der Waals surface area contributed by atoms with Crippen molar-refractivity contribution in [1.29, 1.82) is 0 Å². The average Bonchev–Trinajstić information content (AvgIpc) is 2.39. The van der Waals surface area contributed by atoms with Gasteiger partial charge in [0.2, 0.25) is 0 Å². The molecule has 0 aliphatic carbocycles. The predicted octanol–water partition coefficient (Wildman–Crippen LogP) is 4.58. The van der Waals surface area contributed by atoms with Crippen molar-refractivity contribution in [2.24, 2.45) is 5.73 Å². The summed E-state index contributed by atoms with van der Waals surface area (Å²) in [5, 5.41) is 0.774. The molecule has 0 heterocycles. The first-order valence-electron chi connectivity index (χ1n) is 7.13. The number of halogens is 1. The van der Waals surface area contributed by atoms with Crippen molar-refractivity contribution in [3.63, 3.8) is 0 Å². The largest absolute Gasteiger partial charge is 0.327 e. The van der Waals surface area contributed by atoms with E-state index >= 15 is 0 Å². The smallest absolute Gasteiger partial charge is 0.0408 e. The van der Waals surface area contributed by atoms with Gasteiger partial charge in [-0.25, -0.2) is 0 Å². The highest BCUT2D eigenvalue weighted by Crippen LogP contribution is 2.17. The molecule has 20 heavy (non-hydrogen) atoms. The van der Waals surface area contributed by atoms with Gasteiger partial charge in [0, 0.05) is 11.1 Å². The molecular formula is C18H22ClN. The molecule has 0 spiro atoms. The Morgan fingerprint density at radius 2 is 1.60 bits per heavy atom. The summed E-state index contributed by atoms with van der Waals surface area (Å²) in [5.74, 6) is 0.573. The van der Waals surface area contributed by atoms with Crippen molar-refractivity contribution < 1.29 is 0 Å². The van der Waals surface area contributed by atoms with Crippen LogP contribution in [0.1, 0.15) is 36.5 Å². The van der Waals surface area contributed by atoms with E-state index in [4.69, 9.17) is 17.3 Å². The Kier molecular flexibility index (Phi) is 5.22. The number of hydrogen-bond acceptors (Lipinski definition) is 1. The van der Waals surface area contributed by atoms with E-state index in [1.165, 1.54) is 16.7 Å². The minimum atomic E-state index is 0.123. The van der Waals surface area contributed by atoms with Gasteiger partial charge in [0.05, 0.1) is 0 Å². The summed E-state index contributed by atoms with van der Waals surface area (Å²) >= 11 is 5.99. The first kappa shape index (κ1) is 15.1. The maximum absolute atomic E-state index is 6.24. The van der Waals surface area contributed by atoms with E-state index in [2.05, 4.69) is 44.2 Å². The Morgan fingerprint density at radius 3 is 2.20 bits per heavy atom. The van der Waals surface area contributed by atoms with Crippen LogP contribution >= 0.6 is 11.6 Å². The summed E-state index contributed by atoms with van der Waals surface area (Å²) in [7, 11) is 0. The first-order valence-corrected chi connectivity index (χ1v) is 7.51. The van der Waals surface area contributed by atoms with E-state index in [1.807, 2.05) is 18.2 Å². The van der Waals surface area contributed by atoms with Crippen molar-refractivity contribution in [2.75, 3.05) is 0 Å². The summed E-state index contributed by atoms with van der Waals surface area (Å²) in [6, 6.07) is 16.8. The molecular weight excluding hydrogens is 266 g/mol. The number of benzene rings is 2. The summed E-state index contributed by atoms with van der Waals surface area (Å²) in [6.45, 7) is 4.42. The molecule has 2 aromatic rings. The Bertz CT molecular complexity index is 546. The molecule has 1 nitrogen and oxygen atoms in total. The minimum Gasteiger partial charge on any atom is -0.327 e. The fourth-order valence-electron chi connectivity index (χ4n) is 2.38. The fraction of sp³-hybridized carbons (Fsp3) is 0.333. The zero-order valence-electron chi connectivity index (χ0n) is 12.1. The van der Waals surface area contributed by atoms with Gasteiger partial charge in [-0.3, -0.25) is 0 Å². The molecule has 106 valence electrons. The van der Waals surface area contributed by atoms with E-state index < -0.39 is 0 Å². The van der Waals surface area contributed by atoms with Gasteiger partial charge in [-0.1, -0.05) is 61.8 Å². The second-order valence-corrected chi connectivity index (χ2v) is 6.13. The highest BCUT2D eigenvalue weighted by molar-refractivity contribution is 6.30. The molecule has 0 aliphatic rings. The molecule has 0 radical (unpaired) electrons. The zero-order valence-corrected chi connectivity index (χ0v) is 12.9. The first-order chi connectivity index (χ1) is 9.54. The van der Waals surface area contributed by atoms with Crippen LogP contribution in [0.4, 0.5) is 0 Å². The zero-order chi connectivity index (χ0) is 14.5. The molecule has 1 atom stereocenters. The Morgan fingerprint density at radius 1 is 0.950 bits per heavy atom. The Hall–Kier alpha value is -1.31. The molecule has 0 saturated carbocycles. The normalized spacial score (nSPS) is 12.7. The lowest BCUT2D eigenvalue weighted by atomic mass is 9.97. The van der Waals surface area contributed by atoms with E-state index in [0.29, 0.717) is 5.92 Å². The monoisotopic (exact) mass is 287 g/mol. The van der Waals surface area contributed by atoms with E-state index in [9.17, 15) is 0 Å². The third-order valence-electron chi connectivity index (χ3n) is 3.53. The van der Waals surface area contributed by atoms with Crippen LogP contribution in [0, 0.1) is 0 Å². The minimum absolute atomic E-state index is 0.123. The van der Waals surface area contributed by atoms with Gasteiger partial charge in [-0.05, 0) is 47.6 Å². The summed E-state index contributed by atoms with van der Waals surface area (Å²) in [6.07, 6.45) is 1.75. The maximum atomic E-state index is 6.24. The van der Waals surface area contributed by atoms with Crippen molar-refractivity contribution >= 4 is 11.6 Å². The lowest BCUT2D eigenvalue weighted by Crippen LogP contribution is -2.25. The van der Waals surface area contributed by atoms with Crippen molar-refractivity contribution in [3.05, 3.63) is 70.2 Å². The maximum Gasteiger partial charge on any atom is 0.0408 e. The Labute approximate surface area is 126 Å². The van der Waals surface area contributed by atoms with Gasteiger partial charge >= 0.3 is 0 Å². The van der Waals surface area contributed by atoms with E-state index in [1.54, 1.807) is 0 Å². The van der Waals surface area contributed by atoms with Crippen LogP contribution in [0.2, 0.25) is 5.02 Å². The van der Waals surface area contributed by atoms with Gasteiger partial charge in [0.15, 0.2) is 0 Å². The average molecular weight is 288 g/mol. The predicted molar refractivity (Wildman–Crippen MR) is 87.4 cm³/mol. The molecule has 2 rings (SSSR count). The van der Waals surface area contributed by atoms with Crippen LogP contribution in [0.15, 0.2) is 48.5 Å². The van der Waals surface area contributed by atoms with Gasteiger partial charge < -0.3 is 5.73 Å². The van der Waals surface area contributed by atoms with Crippen molar-refractivity contribution in [2.45, 2.75) is 38.6 Å². The molecule has 0 amide bonds. The molecule has 0 aliphatic heterocycles. The van der Waals surface area contributed by atoms with Gasteiger partial charge in [-0.15, -0.1) is 0 Å². The molecule has 2 aromatic carbocycles. The molecule has 0 aromatic heterocycles. The summed E-state index contributed by atoms with van der Waals surface area (Å²) < 4.78 is 0. The van der Waals surface area contributed by atoms with Crippen LogP contribution in [-0.4, -0.2) is 6.04 Å². The highest BCUT2D eigenvalue weighted by Gasteiger charge is 2.07. The SMILES string of the molecule is CC(C)c1ccc(CC(N)Cc2cccc(Cl)c2)cc1. The van der Waals surface area contributed by atoms with Gasteiger partial charge in [0.25, 0.3) is 0 Å². The third kappa shape index (κ3) is 4.36. The number of hydrogen-bond donors (Lipinski definition) is 1. The Balaban J connectivity index is 1.95. The van der Waals surface area contributed by atoms with Crippen LogP contribution < -0.4 is 5.73 Å². The van der Waals surface area contributed by atoms with Crippen molar-refractivity contribution in [1.82, 2.24) is 0 Å². The fourth-order valence-corrected chi connectivity index (χ4v) is 2.59. The van der Waals surface area contributed by atoms with Crippen LogP contribution in [0.25, 0.3) is 0 Å².